The zero-order valence-corrected chi connectivity index (χ0v) is 18.9. The molecule has 0 spiro atoms. The number of hydrogen-bond acceptors (Lipinski definition) is 2. The van der Waals surface area contributed by atoms with Crippen LogP contribution in [0.5, 0.6) is 0 Å². The maximum absolute atomic E-state index is 11.8. The molecule has 0 saturated heterocycles. The van der Waals surface area contributed by atoms with Gasteiger partial charge in [0.25, 0.3) is 5.91 Å². The molecule has 27 heavy (non-hydrogen) atoms. The Labute approximate surface area is 183 Å². The number of carbonyl (C=O) groups is 1. The molecule has 0 radical (unpaired) electrons. The van der Waals surface area contributed by atoms with E-state index in [1.807, 2.05) is 56.4 Å². The zero-order chi connectivity index (χ0) is 18.9. The van der Waals surface area contributed by atoms with Crippen LogP contribution in [-0.2, 0) is 13.1 Å². The molecule has 0 aliphatic heterocycles. The third kappa shape index (κ3) is 7.38. The Morgan fingerprint density at radius 1 is 1.15 bits per heavy atom. The third-order valence-corrected chi connectivity index (χ3v) is 4.11. The lowest BCUT2D eigenvalue weighted by Crippen LogP contribution is -2.38. The van der Waals surface area contributed by atoms with E-state index in [2.05, 4.69) is 15.5 Å². The Morgan fingerprint density at radius 2 is 1.85 bits per heavy atom. The van der Waals surface area contributed by atoms with Crippen LogP contribution in [-0.4, -0.2) is 37.4 Å². The molecule has 2 aromatic rings. The highest BCUT2D eigenvalue weighted by atomic mass is 127. The molecule has 2 aromatic carbocycles. The number of hydrogen-bond donors (Lipinski definition) is 2. The fourth-order valence-corrected chi connectivity index (χ4v) is 2.66. The van der Waals surface area contributed by atoms with Crippen LogP contribution in [0.2, 0.25) is 5.02 Å². The van der Waals surface area contributed by atoms with Gasteiger partial charge < -0.3 is 15.5 Å². The van der Waals surface area contributed by atoms with E-state index < -0.39 is 0 Å². The van der Waals surface area contributed by atoms with Crippen LogP contribution in [0.3, 0.4) is 0 Å². The minimum Gasteiger partial charge on any atom is -0.357 e. The van der Waals surface area contributed by atoms with Crippen LogP contribution in [0.25, 0.3) is 0 Å². The molecular weight excluding hydrogens is 475 g/mol. The third-order valence-electron chi connectivity index (χ3n) is 3.86. The zero-order valence-electron chi connectivity index (χ0n) is 15.8. The summed E-state index contributed by atoms with van der Waals surface area (Å²) in [6, 6.07) is 15.3. The van der Waals surface area contributed by atoms with Crippen molar-refractivity contribution >= 4 is 47.4 Å². The summed E-state index contributed by atoms with van der Waals surface area (Å²) >= 11 is 5.95. The average Bonchev–Trinajstić information content (AvgIpc) is 2.66. The van der Waals surface area contributed by atoms with Crippen molar-refractivity contribution in [2.75, 3.05) is 20.6 Å². The molecule has 1 amide bonds. The standard InChI is InChI=1S/C20H25ClN4O.HI/c1-4-23-20(25(3)14-15-8-10-18(21)11-9-15)24-13-16-6-5-7-17(12-16)19(26)22-2;/h5-12H,4,13-14H2,1-3H3,(H,22,26)(H,23,24);1H. The lowest BCUT2D eigenvalue weighted by molar-refractivity contribution is 0.0963. The van der Waals surface area contributed by atoms with E-state index in [0.717, 1.165) is 35.2 Å². The molecule has 0 fully saturated rings. The van der Waals surface area contributed by atoms with Crippen molar-refractivity contribution in [3.05, 3.63) is 70.2 Å². The van der Waals surface area contributed by atoms with E-state index in [0.29, 0.717) is 12.1 Å². The van der Waals surface area contributed by atoms with Crippen molar-refractivity contribution in [2.24, 2.45) is 4.99 Å². The van der Waals surface area contributed by atoms with Gasteiger partial charge in [0, 0.05) is 37.8 Å². The largest absolute Gasteiger partial charge is 0.357 e. The average molecular weight is 501 g/mol. The fraction of sp³-hybridized carbons (Fsp3) is 0.300. The lowest BCUT2D eigenvalue weighted by Gasteiger charge is -2.22. The number of carbonyl (C=O) groups excluding carboxylic acids is 1. The van der Waals surface area contributed by atoms with Gasteiger partial charge in [-0.3, -0.25) is 4.79 Å². The topological polar surface area (TPSA) is 56.7 Å². The first kappa shape index (κ1) is 23.2. The predicted molar refractivity (Wildman–Crippen MR) is 123 cm³/mol. The molecule has 0 aliphatic rings. The molecule has 0 aromatic heterocycles. The first-order valence-electron chi connectivity index (χ1n) is 8.58. The van der Waals surface area contributed by atoms with Crippen molar-refractivity contribution < 1.29 is 4.79 Å². The number of nitrogens with one attached hydrogen (secondary N) is 2. The summed E-state index contributed by atoms with van der Waals surface area (Å²) in [5, 5.41) is 6.67. The Bertz CT molecular complexity index is 765. The first-order chi connectivity index (χ1) is 12.5. The summed E-state index contributed by atoms with van der Waals surface area (Å²) in [5.41, 5.74) is 2.78. The molecule has 7 heteroatoms. The van der Waals surface area contributed by atoms with E-state index in [9.17, 15) is 4.79 Å². The molecule has 0 aliphatic carbocycles. The smallest absolute Gasteiger partial charge is 0.251 e. The van der Waals surface area contributed by atoms with Gasteiger partial charge in [-0.1, -0.05) is 35.9 Å². The highest BCUT2D eigenvalue weighted by Crippen LogP contribution is 2.11. The Balaban J connectivity index is 0.00000364. The van der Waals surface area contributed by atoms with E-state index in [4.69, 9.17) is 16.6 Å². The number of amides is 1. The van der Waals surface area contributed by atoms with Crippen LogP contribution < -0.4 is 10.6 Å². The summed E-state index contributed by atoms with van der Waals surface area (Å²) in [7, 11) is 3.62. The maximum atomic E-state index is 11.8. The van der Waals surface area contributed by atoms with Crippen LogP contribution in [0.15, 0.2) is 53.5 Å². The maximum Gasteiger partial charge on any atom is 0.251 e. The summed E-state index contributed by atoms with van der Waals surface area (Å²) < 4.78 is 0. The first-order valence-corrected chi connectivity index (χ1v) is 8.96. The second-order valence-electron chi connectivity index (χ2n) is 5.93. The quantitative estimate of drug-likeness (QED) is 0.359. The van der Waals surface area contributed by atoms with E-state index in [-0.39, 0.29) is 29.9 Å². The summed E-state index contributed by atoms with van der Waals surface area (Å²) in [5.74, 6) is 0.718. The van der Waals surface area contributed by atoms with E-state index in [1.54, 1.807) is 13.1 Å². The molecule has 0 saturated carbocycles. The summed E-state index contributed by atoms with van der Waals surface area (Å²) in [4.78, 5) is 18.5. The highest BCUT2D eigenvalue weighted by molar-refractivity contribution is 14.0. The van der Waals surface area contributed by atoms with Crippen LogP contribution in [0.4, 0.5) is 0 Å². The molecule has 5 nitrogen and oxygen atoms in total. The van der Waals surface area contributed by atoms with Gasteiger partial charge in [-0.25, -0.2) is 4.99 Å². The van der Waals surface area contributed by atoms with Crippen LogP contribution in [0.1, 0.15) is 28.4 Å². The number of halogens is 2. The fourth-order valence-electron chi connectivity index (χ4n) is 2.53. The number of aliphatic imine (C=N–C) groups is 1. The second-order valence-corrected chi connectivity index (χ2v) is 6.37. The van der Waals surface area contributed by atoms with Crippen molar-refractivity contribution in [2.45, 2.75) is 20.0 Å². The van der Waals surface area contributed by atoms with Gasteiger partial charge in [-0.05, 0) is 42.3 Å². The van der Waals surface area contributed by atoms with Crippen molar-refractivity contribution in [1.29, 1.82) is 0 Å². The summed E-state index contributed by atoms with van der Waals surface area (Å²) in [6.45, 7) is 4.04. The van der Waals surface area contributed by atoms with Gasteiger partial charge in [0.15, 0.2) is 5.96 Å². The SMILES string of the molecule is CCNC(=NCc1cccc(C(=O)NC)c1)N(C)Cc1ccc(Cl)cc1.I. The molecular formula is C20H26ClIN4O. The predicted octanol–water partition coefficient (Wildman–Crippen LogP) is 3.92. The molecule has 2 rings (SSSR count). The molecule has 2 N–H and O–H groups in total. The second kappa shape index (κ2) is 11.8. The number of benzene rings is 2. The minimum atomic E-state index is -0.0948. The Kier molecular flexibility index (Phi) is 10.2. The van der Waals surface area contributed by atoms with Gasteiger partial charge in [0.2, 0.25) is 0 Å². The molecule has 0 unspecified atom stereocenters. The van der Waals surface area contributed by atoms with Gasteiger partial charge >= 0.3 is 0 Å². The number of rotatable bonds is 6. The normalized spacial score (nSPS) is 10.7. The molecule has 0 heterocycles. The van der Waals surface area contributed by atoms with Crippen LogP contribution >= 0.6 is 35.6 Å². The van der Waals surface area contributed by atoms with Crippen molar-refractivity contribution in [3.8, 4) is 0 Å². The van der Waals surface area contributed by atoms with Crippen molar-refractivity contribution in [3.63, 3.8) is 0 Å². The molecule has 0 atom stereocenters. The number of nitrogens with zero attached hydrogens (tertiary/aromatic N) is 2. The van der Waals surface area contributed by atoms with E-state index >= 15 is 0 Å². The van der Waals surface area contributed by atoms with Crippen LogP contribution in [0, 0.1) is 0 Å². The van der Waals surface area contributed by atoms with Crippen molar-refractivity contribution in [1.82, 2.24) is 15.5 Å². The number of guanidine groups is 1. The minimum absolute atomic E-state index is 0. The van der Waals surface area contributed by atoms with Gasteiger partial charge in [0.05, 0.1) is 6.54 Å². The molecule has 0 bridgehead atoms. The van der Waals surface area contributed by atoms with E-state index in [1.165, 1.54) is 0 Å². The lowest BCUT2D eigenvalue weighted by atomic mass is 10.1. The Hall–Kier alpha value is -1.80. The highest BCUT2D eigenvalue weighted by Gasteiger charge is 2.08. The van der Waals surface area contributed by atoms with Gasteiger partial charge in [-0.2, -0.15) is 0 Å². The van der Waals surface area contributed by atoms with Gasteiger partial charge in [0.1, 0.15) is 0 Å². The molecule has 146 valence electrons. The summed E-state index contributed by atoms with van der Waals surface area (Å²) in [6.07, 6.45) is 0. The monoisotopic (exact) mass is 500 g/mol. The Morgan fingerprint density at radius 3 is 2.48 bits per heavy atom. The van der Waals surface area contributed by atoms with Gasteiger partial charge in [-0.15, -0.1) is 24.0 Å².